The van der Waals surface area contributed by atoms with Gasteiger partial charge in [-0.1, -0.05) is 83.9 Å². The highest BCUT2D eigenvalue weighted by molar-refractivity contribution is 6.33. The van der Waals surface area contributed by atoms with E-state index >= 15 is 0 Å². The molecule has 0 aliphatic rings. The average Bonchev–Trinajstić information content (AvgIpc) is 3.27. The van der Waals surface area contributed by atoms with E-state index in [9.17, 15) is 4.79 Å². The molecule has 31 heavy (non-hydrogen) atoms. The van der Waals surface area contributed by atoms with Crippen molar-refractivity contribution in [2.24, 2.45) is 0 Å². The molecule has 1 atom stereocenters. The molecule has 4 rings (SSSR count). The average molecular weight is 433 g/mol. The van der Waals surface area contributed by atoms with Gasteiger partial charge >= 0.3 is 6.03 Å². The summed E-state index contributed by atoms with van der Waals surface area (Å²) in [5.41, 5.74) is 3.64. The smallest absolute Gasteiger partial charge is 0.315 e. The molecule has 4 aromatic rings. The van der Waals surface area contributed by atoms with Crippen molar-refractivity contribution < 1.29 is 9.21 Å². The van der Waals surface area contributed by atoms with E-state index in [-0.39, 0.29) is 11.9 Å². The summed E-state index contributed by atoms with van der Waals surface area (Å²) in [6.07, 6.45) is 0. The van der Waals surface area contributed by atoms with Crippen LogP contribution >= 0.6 is 11.6 Å². The molecular formula is C24H21ClN4O2. The molecule has 0 aliphatic heterocycles. The monoisotopic (exact) mass is 432 g/mol. The summed E-state index contributed by atoms with van der Waals surface area (Å²) in [7, 11) is 0. The lowest BCUT2D eigenvalue weighted by atomic mass is 10.1. The molecule has 1 aromatic heterocycles. The number of carbonyl (C=O) groups is 1. The van der Waals surface area contributed by atoms with Crippen molar-refractivity contribution in [3.05, 3.63) is 106 Å². The summed E-state index contributed by atoms with van der Waals surface area (Å²) >= 11 is 6.25. The summed E-state index contributed by atoms with van der Waals surface area (Å²) < 4.78 is 5.89. The molecule has 1 unspecified atom stereocenters. The van der Waals surface area contributed by atoms with Gasteiger partial charge in [-0.25, -0.2) is 4.79 Å². The highest BCUT2D eigenvalue weighted by Gasteiger charge is 2.23. The molecule has 1 heterocycles. The minimum absolute atomic E-state index is 0.270. The van der Waals surface area contributed by atoms with Crippen molar-refractivity contribution in [3.63, 3.8) is 0 Å². The van der Waals surface area contributed by atoms with Gasteiger partial charge in [0.25, 0.3) is 0 Å². The maximum Gasteiger partial charge on any atom is 0.315 e. The lowest BCUT2D eigenvalue weighted by Crippen LogP contribution is -2.38. The van der Waals surface area contributed by atoms with Gasteiger partial charge in [0, 0.05) is 6.54 Å². The second-order valence-electron chi connectivity index (χ2n) is 7.08. The van der Waals surface area contributed by atoms with Gasteiger partial charge < -0.3 is 15.1 Å². The van der Waals surface area contributed by atoms with Crippen LogP contribution in [-0.2, 0) is 6.54 Å². The molecule has 0 radical (unpaired) electrons. The molecule has 156 valence electrons. The van der Waals surface area contributed by atoms with Crippen LogP contribution in [-0.4, -0.2) is 16.2 Å². The van der Waals surface area contributed by atoms with Crippen molar-refractivity contribution in [2.75, 3.05) is 0 Å². The Kier molecular flexibility index (Phi) is 6.29. The van der Waals surface area contributed by atoms with Gasteiger partial charge in [-0.05, 0) is 30.2 Å². The fourth-order valence-corrected chi connectivity index (χ4v) is 3.31. The van der Waals surface area contributed by atoms with Gasteiger partial charge in [-0.3, -0.25) is 0 Å². The third-order valence-corrected chi connectivity index (χ3v) is 5.10. The first kappa shape index (κ1) is 20.6. The number of carbonyl (C=O) groups excluding carboxylic acids is 1. The number of aromatic nitrogens is 2. The first-order valence-electron chi connectivity index (χ1n) is 9.83. The van der Waals surface area contributed by atoms with Crippen LogP contribution < -0.4 is 10.6 Å². The third-order valence-electron chi connectivity index (χ3n) is 4.77. The summed E-state index contributed by atoms with van der Waals surface area (Å²) in [6.45, 7) is 2.43. The topological polar surface area (TPSA) is 80.0 Å². The largest absolute Gasteiger partial charge is 0.418 e. The quantitative estimate of drug-likeness (QED) is 0.434. The zero-order chi connectivity index (χ0) is 21.6. The fourth-order valence-electron chi connectivity index (χ4n) is 3.10. The second kappa shape index (κ2) is 9.45. The molecule has 2 N–H and O–H groups in total. The molecule has 3 aromatic carbocycles. The number of amides is 2. The molecule has 0 spiro atoms. The van der Waals surface area contributed by atoms with Crippen molar-refractivity contribution in [1.82, 2.24) is 20.8 Å². The van der Waals surface area contributed by atoms with Crippen molar-refractivity contribution >= 4 is 17.6 Å². The van der Waals surface area contributed by atoms with Crippen LogP contribution in [0.25, 0.3) is 11.5 Å². The van der Waals surface area contributed by atoms with Crippen LogP contribution in [0.2, 0.25) is 5.02 Å². The summed E-state index contributed by atoms with van der Waals surface area (Å²) in [5, 5.41) is 14.6. The van der Waals surface area contributed by atoms with Gasteiger partial charge in [0.05, 0.1) is 10.6 Å². The number of hydrogen-bond donors (Lipinski definition) is 2. The number of aryl methyl sites for hydroxylation is 1. The Morgan fingerprint density at radius 1 is 0.968 bits per heavy atom. The number of halogens is 1. The third kappa shape index (κ3) is 5.10. The van der Waals surface area contributed by atoms with Gasteiger partial charge in [0.2, 0.25) is 11.8 Å². The number of rotatable bonds is 6. The van der Waals surface area contributed by atoms with E-state index in [0.717, 1.165) is 11.1 Å². The van der Waals surface area contributed by atoms with E-state index in [2.05, 4.69) is 20.8 Å². The maximum absolute atomic E-state index is 12.6. The van der Waals surface area contributed by atoms with E-state index in [1.807, 2.05) is 73.7 Å². The second-order valence-corrected chi connectivity index (χ2v) is 7.49. The zero-order valence-electron chi connectivity index (χ0n) is 16.9. The van der Waals surface area contributed by atoms with E-state index in [4.69, 9.17) is 16.0 Å². The molecule has 0 saturated carbocycles. The SMILES string of the molecule is Cc1ccc(CNC(=O)NC(c2ccccc2)c2nnc(-c3ccccc3Cl)o2)cc1. The molecular weight excluding hydrogens is 412 g/mol. The molecule has 0 saturated heterocycles. The number of urea groups is 1. The summed E-state index contributed by atoms with van der Waals surface area (Å²) in [5.74, 6) is 0.565. The van der Waals surface area contributed by atoms with Crippen molar-refractivity contribution in [3.8, 4) is 11.5 Å². The highest BCUT2D eigenvalue weighted by Crippen LogP contribution is 2.29. The zero-order valence-corrected chi connectivity index (χ0v) is 17.6. The van der Waals surface area contributed by atoms with Crippen LogP contribution in [0, 0.1) is 6.92 Å². The van der Waals surface area contributed by atoms with Crippen LogP contribution in [0.5, 0.6) is 0 Å². The number of benzene rings is 3. The minimum Gasteiger partial charge on any atom is -0.418 e. The van der Waals surface area contributed by atoms with Gasteiger partial charge in [-0.15, -0.1) is 10.2 Å². The predicted molar refractivity (Wildman–Crippen MR) is 120 cm³/mol. The van der Waals surface area contributed by atoms with Crippen LogP contribution in [0.4, 0.5) is 4.79 Å². The minimum atomic E-state index is -0.608. The Bertz CT molecular complexity index is 1160. The van der Waals surface area contributed by atoms with Crippen LogP contribution in [0.1, 0.15) is 28.6 Å². The van der Waals surface area contributed by atoms with E-state index in [1.165, 1.54) is 5.56 Å². The van der Waals surface area contributed by atoms with Gasteiger partial charge in [-0.2, -0.15) is 0 Å². The first-order chi connectivity index (χ1) is 15.1. The number of hydrogen-bond acceptors (Lipinski definition) is 4. The molecule has 6 nitrogen and oxygen atoms in total. The molecule has 0 aliphatic carbocycles. The van der Waals surface area contributed by atoms with Gasteiger partial charge in [0.1, 0.15) is 6.04 Å². The normalized spacial score (nSPS) is 11.7. The molecule has 7 heteroatoms. The van der Waals surface area contributed by atoms with Crippen LogP contribution in [0.15, 0.2) is 83.3 Å². The maximum atomic E-state index is 12.6. The Balaban J connectivity index is 1.53. The molecule has 2 amide bonds. The molecule has 0 bridgehead atoms. The van der Waals surface area contributed by atoms with Crippen LogP contribution in [0.3, 0.4) is 0 Å². The predicted octanol–water partition coefficient (Wildman–Crippen LogP) is 5.29. The van der Waals surface area contributed by atoms with Crippen molar-refractivity contribution in [2.45, 2.75) is 19.5 Å². The lowest BCUT2D eigenvalue weighted by Gasteiger charge is -2.16. The summed E-state index contributed by atoms with van der Waals surface area (Å²) in [4.78, 5) is 12.6. The standard InChI is InChI=1S/C24H21ClN4O2/c1-16-11-13-17(14-12-16)15-26-24(30)27-21(18-7-3-2-4-8-18)23-29-28-22(31-23)19-9-5-6-10-20(19)25/h2-14,21H,15H2,1H3,(H2,26,27,30). The molecule has 0 fully saturated rings. The lowest BCUT2D eigenvalue weighted by molar-refractivity contribution is 0.236. The summed E-state index contributed by atoms with van der Waals surface area (Å²) in [6, 6.07) is 23.7. The fraction of sp³-hybridized carbons (Fsp3) is 0.125. The number of nitrogens with one attached hydrogen (secondary N) is 2. The first-order valence-corrected chi connectivity index (χ1v) is 10.2. The Morgan fingerprint density at radius 3 is 2.42 bits per heavy atom. The Morgan fingerprint density at radius 2 is 1.68 bits per heavy atom. The number of nitrogens with zero attached hydrogens (tertiary/aromatic N) is 2. The van der Waals surface area contributed by atoms with Gasteiger partial charge in [0.15, 0.2) is 0 Å². The van der Waals surface area contributed by atoms with Crippen molar-refractivity contribution in [1.29, 1.82) is 0 Å². The van der Waals surface area contributed by atoms with E-state index in [1.54, 1.807) is 12.1 Å². The Labute approximate surface area is 185 Å². The Hall–Kier alpha value is -3.64. The van der Waals surface area contributed by atoms with E-state index in [0.29, 0.717) is 23.0 Å². The highest BCUT2D eigenvalue weighted by atomic mass is 35.5. The van der Waals surface area contributed by atoms with E-state index < -0.39 is 6.04 Å².